The van der Waals surface area contributed by atoms with Crippen molar-refractivity contribution in [3.8, 4) is 0 Å². The molecule has 0 saturated heterocycles. The van der Waals surface area contributed by atoms with E-state index in [1.165, 1.54) is 0 Å². The van der Waals surface area contributed by atoms with Gasteiger partial charge in [0.15, 0.2) is 16.6 Å². The number of hydrogen-bond acceptors (Lipinski definition) is 4. The van der Waals surface area contributed by atoms with Crippen LogP contribution in [0.3, 0.4) is 0 Å². The summed E-state index contributed by atoms with van der Waals surface area (Å²) in [5, 5.41) is 0.788. The van der Waals surface area contributed by atoms with Gasteiger partial charge in [-0.15, -0.1) is 0 Å². The minimum absolute atomic E-state index is 0.788. The molecule has 0 bridgehead atoms. The van der Waals surface area contributed by atoms with Gasteiger partial charge in [-0.1, -0.05) is 0 Å². The Labute approximate surface area is 116 Å². The van der Waals surface area contributed by atoms with Gasteiger partial charge in [0.25, 0.3) is 8.60 Å². The molecule has 0 aliphatic rings. The zero-order valence-electron chi connectivity index (χ0n) is 12.3. The minimum atomic E-state index is -1.75. The summed E-state index contributed by atoms with van der Waals surface area (Å²) < 4.78 is 18.2. The third-order valence-corrected chi connectivity index (χ3v) is 12.6. The molecular formula is C9H27O3PSSi3. The highest BCUT2D eigenvalue weighted by atomic mass is 32.1. The standard InChI is InChI=1S/C9H27O3PSSi3/c1-15(2,3)10-13(11-16(4,5)6)12-17(7,8)9-14/h14H,9H2,1-8H3. The van der Waals surface area contributed by atoms with Crippen LogP contribution in [0.1, 0.15) is 0 Å². The maximum atomic E-state index is 6.09. The van der Waals surface area contributed by atoms with E-state index in [-0.39, 0.29) is 0 Å². The van der Waals surface area contributed by atoms with Gasteiger partial charge in [0.1, 0.15) is 0 Å². The quantitative estimate of drug-likeness (QED) is 0.420. The van der Waals surface area contributed by atoms with Crippen molar-refractivity contribution in [2.45, 2.75) is 52.4 Å². The molecule has 0 unspecified atom stereocenters. The van der Waals surface area contributed by atoms with Gasteiger partial charge in [0.2, 0.25) is 8.32 Å². The summed E-state index contributed by atoms with van der Waals surface area (Å²) in [5.41, 5.74) is 0. The molecule has 8 heteroatoms. The van der Waals surface area contributed by atoms with Gasteiger partial charge in [-0.25, -0.2) is 0 Å². The fraction of sp³-hybridized carbons (Fsp3) is 1.00. The van der Waals surface area contributed by atoms with E-state index in [0.29, 0.717) is 0 Å². The molecule has 17 heavy (non-hydrogen) atoms. The fourth-order valence-corrected chi connectivity index (χ4v) is 8.13. The zero-order valence-corrected chi connectivity index (χ0v) is 17.1. The topological polar surface area (TPSA) is 27.7 Å². The Hall–Kier alpha value is 1.31. The van der Waals surface area contributed by atoms with Gasteiger partial charge in [-0.3, -0.25) is 0 Å². The molecule has 0 spiro atoms. The molecule has 0 radical (unpaired) electrons. The zero-order chi connectivity index (χ0) is 13.9. The molecule has 0 amide bonds. The number of rotatable bonds is 7. The van der Waals surface area contributed by atoms with E-state index in [0.717, 1.165) is 5.38 Å². The van der Waals surface area contributed by atoms with E-state index in [1.54, 1.807) is 0 Å². The SMILES string of the molecule is C[Si](C)(C)OP(O[Si](C)(C)C)O[Si](C)(C)CS. The Morgan fingerprint density at radius 1 is 0.765 bits per heavy atom. The summed E-state index contributed by atoms with van der Waals surface area (Å²) >= 11 is 4.36. The average molecular weight is 331 g/mol. The van der Waals surface area contributed by atoms with Gasteiger partial charge >= 0.3 is 0 Å². The summed E-state index contributed by atoms with van der Waals surface area (Å²) in [7, 11) is -6.22. The van der Waals surface area contributed by atoms with Crippen LogP contribution in [0.5, 0.6) is 0 Å². The van der Waals surface area contributed by atoms with Gasteiger partial charge in [-0.2, -0.15) is 12.6 Å². The second-order valence-electron chi connectivity index (χ2n) is 6.64. The van der Waals surface area contributed by atoms with Crippen molar-refractivity contribution in [3.63, 3.8) is 0 Å². The van der Waals surface area contributed by atoms with Gasteiger partial charge in [-0.05, 0) is 52.4 Å². The summed E-state index contributed by atoms with van der Waals surface area (Å²) in [6.45, 7) is 17.3. The second kappa shape index (κ2) is 6.65. The van der Waals surface area contributed by atoms with Gasteiger partial charge < -0.3 is 12.6 Å². The third kappa shape index (κ3) is 10.9. The summed E-state index contributed by atoms with van der Waals surface area (Å²) in [6.07, 6.45) is 0. The van der Waals surface area contributed by atoms with Crippen molar-refractivity contribution in [1.82, 2.24) is 0 Å². The van der Waals surface area contributed by atoms with E-state index < -0.39 is 33.6 Å². The first-order valence-electron chi connectivity index (χ1n) is 5.83. The predicted octanol–water partition coefficient (Wildman–Crippen LogP) is 4.61. The smallest absolute Gasteiger partial charge is 0.300 e. The Morgan fingerprint density at radius 2 is 1.12 bits per heavy atom. The maximum Gasteiger partial charge on any atom is 0.300 e. The van der Waals surface area contributed by atoms with Crippen LogP contribution in [-0.2, 0) is 12.6 Å². The third-order valence-electron chi connectivity index (χ3n) is 1.40. The van der Waals surface area contributed by atoms with Crippen LogP contribution in [0.15, 0.2) is 0 Å². The molecule has 0 rings (SSSR count). The largest absolute Gasteiger partial charge is 0.356 e. The van der Waals surface area contributed by atoms with Crippen LogP contribution in [0, 0.1) is 0 Å². The van der Waals surface area contributed by atoms with Crippen molar-refractivity contribution >= 4 is 46.2 Å². The summed E-state index contributed by atoms with van der Waals surface area (Å²) in [5.74, 6) is 0. The lowest BCUT2D eigenvalue weighted by atomic mass is 11.8. The van der Waals surface area contributed by atoms with Crippen molar-refractivity contribution in [2.24, 2.45) is 0 Å². The van der Waals surface area contributed by atoms with Crippen LogP contribution < -0.4 is 0 Å². The molecule has 0 aliphatic carbocycles. The van der Waals surface area contributed by atoms with E-state index in [2.05, 4.69) is 65.0 Å². The average Bonchev–Trinajstić information content (AvgIpc) is 1.96. The van der Waals surface area contributed by atoms with Crippen LogP contribution in [-0.4, -0.2) is 30.3 Å². The first-order valence-corrected chi connectivity index (χ1v) is 17.5. The highest BCUT2D eigenvalue weighted by Crippen LogP contribution is 2.47. The molecule has 0 saturated carbocycles. The minimum Gasteiger partial charge on any atom is -0.356 e. The molecule has 0 fully saturated rings. The lowest BCUT2D eigenvalue weighted by Crippen LogP contribution is -2.36. The van der Waals surface area contributed by atoms with E-state index in [4.69, 9.17) is 12.6 Å². The Kier molecular flexibility index (Phi) is 7.17. The van der Waals surface area contributed by atoms with Crippen LogP contribution in [0.25, 0.3) is 0 Å². The van der Waals surface area contributed by atoms with Gasteiger partial charge in [0.05, 0.1) is 0 Å². The lowest BCUT2D eigenvalue weighted by Gasteiger charge is -2.33. The molecule has 0 aromatic carbocycles. The highest BCUT2D eigenvalue weighted by Gasteiger charge is 2.34. The Balaban J connectivity index is 4.63. The van der Waals surface area contributed by atoms with E-state index in [1.807, 2.05) is 0 Å². The first-order chi connectivity index (χ1) is 7.35. The van der Waals surface area contributed by atoms with Crippen LogP contribution >= 0.6 is 21.2 Å². The molecule has 3 nitrogen and oxygen atoms in total. The highest BCUT2D eigenvalue weighted by molar-refractivity contribution is 7.82. The molecule has 0 aromatic rings. The van der Waals surface area contributed by atoms with Gasteiger partial charge in [0, 0.05) is 5.38 Å². The first kappa shape index (κ1) is 18.3. The molecule has 0 N–H and O–H groups in total. The maximum absolute atomic E-state index is 6.09. The fourth-order valence-electron chi connectivity index (χ4n) is 0.734. The van der Waals surface area contributed by atoms with Crippen LogP contribution in [0.2, 0.25) is 52.4 Å². The Bertz CT molecular complexity index is 225. The van der Waals surface area contributed by atoms with Crippen molar-refractivity contribution < 1.29 is 12.6 Å². The molecule has 104 valence electrons. The molecule has 0 aromatic heterocycles. The molecule has 0 heterocycles. The van der Waals surface area contributed by atoms with Crippen molar-refractivity contribution in [1.29, 1.82) is 0 Å². The molecule has 0 atom stereocenters. The summed E-state index contributed by atoms with van der Waals surface area (Å²) in [4.78, 5) is 0. The number of hydrogen-bond donors (Lipinski definition) is 1. The molecular weight excluding hydrogens is 303 g/mol. The predicted molar refractivity (Wildman–Crippen MR) is 88.2 cm³/mol. The lowest BCUT2D eigenvalue weighted by molar-refractivity contribution is 0.383. The number of thiol groups is 1. The van der Waals surface area contributed by atoms with E-state index in [9.17, 15) is 0 Å². The van der Waals surface area contributed by atoms with E-state index >= 15 is 0 Å². The Morgan fingerprint density at radius 3 is 1.35 bits per heavy atom. The second-order valence-corrected chi connectivity index (χ2v) is 22.5. The van der Waals surface area contributed by atoms with Crippen molar-refractivity contribution in [3.05, 3.63) is 0 Å². The van der Waals surface area contributed by atoms with Crippen LogP contribution in [0.4, 0.5) is 0 Å². The van der Waals surface area contributed by atoms with Crippen molar-refractivity contribution in [2.75, 3.05) is 5.38 Å². The monoisotopic (exact) mass is 330 g/mol. The summed E-state index contributed by atoms with van der Waals surface area (Å²) in [6, 6.07) is 0. The normalized spacial score (nSPS) is 14.5. The molecule has 0 aliphatic heterocycles.